The number of aryl methyl sites for hydroxylation is 2. The van der Waals surface area contributed by atoms with Crippen molar-refractivity contribution in [1.29, 1.82) is 0 Å². The van der Waals surface area contributed by atoms with Gasteiger partial charge in [0.25, 0.3) is 0 Å². The third-order valence-electron chi connectivity index (χ3n) is 9.84. The van der Waals surface area contributed by atoms with Gasteiger partial charge >= 0.3 is 11.5 Å². The van der Waals surface area contributed by atoms with Gasteiger partial charge in [-0.25, -0.2) is 9.59 Å². The van der Waals surface area contributed by atoms with Gasteiger partial charge < -0.3 is 19.3 Å². The second-order valence-electron chi connectivity index (χ2n) is 12.9. The predicted molar refractivity (Wildman–Crippen MR) is 187 cm³/mol. The lowest BCUT2D eigenvalue weighted by Crippen LogP contribution is -2.48. The van der Waals surface area contributed by atoms with Crippen LogP contribution < -0.4 is 19.9 Å². The quantitative estimate of drug-likeness (QED) is 0.119. The summed E-state index contributed by atoms with van der Waals surface area (Å²) >= 11 is 13.4. The maximum absolute atomic E-state index is 14.6. The number of hydrogen-bond donors (Lipinski definition) is 1. The number of fused-ring (bicyclic) bond motifs is 6. The van der Waals surface area contributed by atoms with E-state index in [0.29, 0.717) is 22.3 Å². The maximum Gasteiger partial charge on any atom is 0.424 e. The van der Waals surface area contributed by atoms with Gasteiger partial charge in [0.1, 0.15) is 18.2 Å². The fourth-order valence-electron chi connectivity index (χ4n) is 7.79. The van der Waals surface area contributed by atoms with Crippen molar-refractivity contribution < 1.29 is 18.9 Å². The normalized spacial score (nSPS) is 15.8. The number of aromatic nitrogens is 1. The molecule has 0 spiro atoms. The van der Waals surface area contributed by atoms with Crippen molar-refractivity contribution in [2.24, 2.45) is 7.05 Å². The molecule has 4 aliphatic heterocycles. The molecule has 3 aromatic rings. The summed E-state index contributed by atoms with van der Waals surface area (Å²) in [5, 5.41) is 12.0. The second-order valence-corrected chi connectivity index (χ2v) is 13.7. The molecule has 4 heterocycles. The molecule has 7 nitrogen and oxygen atoms in total. The molecule has 0 atom stereocenters. The van der Waals surface area contributed by atoms with Crippen molar-refractivity contribution in [2.75, 3.05) is 29.4 Å². The lowest BCUT2D eigenvalue weighted by Gasteiger charge is -2.42. The lowest BCUT2D eigenvalue weighted by molar-refractivity contribution is -0.658. The monoisotopic (exact) mass is 656 g/mol. The second kappa shape index (κ2) is 10.7. The lowest BCUT2D eigenvalue weighted by atomic mass is 9.85. The number of pyridine rings is 1. The van der Waals surface area contributed by atoms with Gasteiger partial charge in [-0.1, -0.05) is 29.3 Å². The Kier molecular flexibility index (Phi) is 7.14. The molecule has 0 bridgehead atoms. The van der Waals surface area contributed by atoms with Crippen LogP contribution in [-0.2, 0) is 13.5 Å². The summed E-state index contributed by atoms with van der Waals surface area (Å²) in [4.78, 5) is 32.0. The van der Waals surface area contributed by atoms with Crippen LogP contribution in [0.5, 0.6) is 0 Å². The Hall–Kier alpha value is -4.07. The molecule has 3 aromatic carbocycles. The van der Waals surface area contributed by atoms with Crippen molar-refractivity contribution in [1.82, 2.24) is 0 Å². The Balaban J connectivity index is 1.72. The highest BCUT2D eigenvalue weighted by Gasteiger charge is 2.36. The first-order valence-corrected chi connectivity index (χ1v) is 16.5. The minimum absolute atomic E-state index is 0.0354. The number of nitrogens with zero attached hydrogens (tertiary/aromatic N) is 3. The summed E-state index contributed by atoms with van der Waals surface area (Å²) in [5.74, 6) is -0.835. The third kappa shape index (κ3) is 4.35. The standard InChI is InChI=1S/C37H35Cl2N3O4/c1-7-41-13-9-10-20-14-22-27(16-26(20)41)40(6)35(43)33-30(31-24(38)11-12-25(39)32(31)36(44)45)23-15-21-19(3)18-37(4,5)42(8-2)28(21)17-29(23)46-34(22)33/h11-12,14-18H,7-10,13H2,1-6H3/p+1. The minimum Gasteiger partial charge on any atom is -0.478 e. The average Bonchev–Trinajstić information content (AvgIpc) is 3.01. The van der Waals surface area contributed by atoms with Crippen LogP contribution in [0.25, 0.3) is 49.9 Å². The number of carbonyl (C=O) groups is 1. The van der Waals surface area contributed by atoms with E-state index in [-0.39, 0.29) is 37.8 Å². The van der Waals surface area contributed by atoms with E-state index in [4.69, 9.17) is 27.6 Å². The summed E-state index contributed by atoms with van der Waals surface area (Å²) in [5.41, 5.74) is 6.81. The van der Waals surface area contributed by atoms with E-state index >= 15 is 0 Å². The molecule has 0 saturated heterocycles. The van der Waals surface area contributed by atoms with Gasteiger partial charge in [-0.3, -0.25) is 0 Å². The van der Waals surface area contributed by atoms with Gasteiger partial charge in [-0.2, -0.15) is 4.57 Å². The molecular formula is C37H36Cl2N3O4+. The molecule has 236 valence electrons. The molecular weight excluding hydrogens is 621 g/mol. The Morgan fingerprint density at radius 3 is 2.43 bits per heavy atom. The van der Waals surface area contributed by atoms with Gasteiger partial charge in [-0.15, -0.1) is 0 Å². The first kappa shape index (κ1) is 30.6. The molecule has 0 aromatic heterocycles. The number of carboxylic acids is 1. The Bertz CT molecular complexity index is 2200. The Labute approximate surface area is 277 Å². The Morgan fingerprint density at radius 2 is 1.74 bits per heavy atom. The smallest absolute Gasteiger partial charge is 0.424 e. The molecule has 0 radical (unpaired) electrons. The van der Waals surface area contributed by atoms with E-state index in [1.807, 2.05) is 12.1 Å². The van der Waals surface area contributed by atoms with E-state index in [1.54, 1.807) is 17.7 Å². The van der Waals surface area contributed by atoms with Crippen LogP contribution in [0.15, 0.2) is 51.7 Å². The number of hydrogen-bond acceptors (Lipinski definition) is 5. The van der Waals surface area contributed by atoms with E-state index < -0.39 is 5.97 Å². The van der Waals surface area contributed by atoms with Crippen LogP contribution in [0.3, 0.4) is 0 Å². The Morgan fingerprint density at radius 1 is 1.00 bits per heavy atom. The third-order valence-corrected chi connectivity index (χ3v) is 10.5. The van der Waals surface area contributed by atoms with Gasteiger partial charge in [-0.05, 0) is 82.9 Å². The first-order chi connectivity index (χ1) is 21.9. The number of benzene rings is 3. The van der Waals surface area contributed by atoms with Crippen molar-refractivity contribution in [3.63, 3.8) is 0 Å². The number of carboxylic acid groups (broad SMARTS) is 1. The van der Waals surface area contributed by atoms with Gasteiger partial charge in [0.2, 0.25) is 5.52 Å². The highest BCUT2D eigenvalue weighted by Crippen LogP contribution is 2.49. The molecule has 0 unspecified atom stereocenters. The summed E-state index contributed by atoms with van der Waals surface area (Å²) < 4.78 is 8.47. The summed E-state index contributed by atoms with van der Waals surface area (Å²) in [7, 11) is 1.75. The van der Waals surface area contributed by atoms with E-state index in [9.17, 15) is 14.7 Å². The molecule has 4 aliphatic rings. The number of anilines is 2. The van der Waals surface area contributed by atoms with Gasteiger partial charge in [0.05, 0.1) is 21.5 Å². The van der Waals surface area contributed by atoms with Crippen LogP contribution in [-0.4, -0.2) is 36.2 Å². The highest BCUT2D eigenvalue weighted by atomic mass is 35.5. The zero-order chi connectivity index (χ0) is 32.8. The summed E-state index contributed by atoms with van der Waals surface area (Å²) in [6.45, 7) is 13.3. The largest absolute Gasteiger partial charge is 0.478 e. The fraction of sp³-hybridized carbons (Fsp3) is 0.324. The van der Waals surface area contributed by atoms with Gasteiger partial charge in [0.15, 0.2) is 5.76 Å². The molecule has 9 heteroatoms. The zero-order valence-electron chi connectivity index (χ0n) is 26.8. The molecule has 0 aliphatic carbocycles. The fourth-order valence-corrected chi connectivity index (χ4v) is 8.28. The molecule has 0 saturated carbocycles. The molecule has 0 fully saturated rings. The van der Waals surface area contributed by atoms with Crippen LogP contribution in [0.4, 0.5) is 11.4 Å². The zero-order valence-corrected chi connectivity index (χ0v) is 28.4. The number of likely N-dealkylation sites (N-methyl/N-ethyl adjacent to an activating group) is 1. The highest BCUT2D eigenvalue weighted by molar-refractivity contribution is 6.39. The van der Waals surface area contributed by atoms with Crippen LogP contribution >= 0.6 is 23.2 Å². The average molecular weight is 658 g/mol. The number of allylic oxidation sites excluding steroid dienone is 1. The summed E-state index contributed by atoms with van der Waals surface area (Å²) in [6.07, 6.45) is 4.17. The molecule has 0 amide bonds. The van der Waals surface area contributed by atoms with Gasteiger partial charge in [0, 0.05) is 70.2 Å². The van der Waals surface area contributed by atoms with Crippen molar-refractivity contribution >= 4 is 68.0 Å². The predicted octanol–water partition coefficient (Wildman–Crippen LogP) is 8.34. The van der Waals surface area contributed by atoms with Crippen molar-refractivity contribution in [3.8, 4) is 22.5 Å². The topological polar surface area (TPSA) is 77.9 Å². The van der Waals surface area contributed by atoms with Crippen LogP contribution in [0.2, 0.25) is 10.0 Å². The first-order valence-electron chi connectivity index (χ1n) is 15.7. The van der Waals surface area contributed by atoms with Crippen molar-refractivity contribution in [2.45, 2.75) is 53.0 Å². The number of rotatable bonds is 4. The molecule has 7 rings (SSSR count). The molecule has 46 heavy (non-hydrogen) atoms. The SMILES string of the molecule is CCN1CCCc2cc3c4oc5cc6c(cc5c(-c5c(Cl)ccc(Cl)c5C(=O)O)c-4c(=O)[n+](C)c3cc21)C(C)=CC(C)(C)N6CC. The number of halogens is 2. The van der Waals surface area contributed by atoms with Crippen LogP contribution in [0, 0.1) is 0 Å². The number of aromatic carboxylic acids is 1. The van der Waals surface area contributed by atoms with Crippen LogP contribution in [0.1, 0.15) is 62.5 Å². The van der Waals surface area contributed by atoms with E-state index in [2.05, 4.69) is 62.6 Å². The molecule has 1 N–H and O–H groups in total. The minimum atomic E-state index is -1.23. The van der Waals surface area contributed by atoms with E-state index in [1.165, 1.54) is 11.6 Å². The maximum atomic E-state index is 14.6. The summed E-state index contributed by atoms with van der Waals surface area (Å²) in [6, 6.07) is 11.3. The van der Waals surface area contributed by atoms with Crippen molar-refractivity contribution in [3.05, 3.63) is 79.6 Å². The van der Waals surface area contributed by atoms with E-state index in [0.717, 1.165) is 65.9 Å².